The first-order valence-corrected chi connectivity index (χ1v) is 6.55. The maximum absolute atomic E-state index is 5.72. The fourth-order valence-corrected chi connectivity index (χ4v) is 2.29. The van der Waals surface area contributed by atoms with Crippen LogP contribution < -0.4 is 4.90 Å². The number of ether oxygens (including phenoxy) is 1. The first-order valence-electron chi connectivity index (χ1n) is 6.55. The molecule has 1 saturated heterocycles. The van der Waals surface area contributed by atoms with Crippen molar-refractivity contribution >= 4 is 5.82 Å². The summed E-state index contributed by atoms with van der Waals surface area (Å²) in [5, 5.41) is 0. The first kappa shape index (κ1) is 13.3. The van der Waals surface area contributed by atoms with Gasteiger partial charge in [0.1, 0.15) is 5.82 Å². The van der Waals surface area contributed by atoms with E-state index in [1.165, 1.54) is 0 Å². The van der Waals surface area contributed by atoms with Crippen LogP contribution in [0.2, 0.25) is 0 Å². The molecule has 18 heavy (non-hydrogen) atoms. The zero-order chi connectivity index (χ0) is 13.0. The lowest BCUT2D eigenvalue weighted by Gasteiger charge is -2.38. The van der Waals surface area contributed by atoms with Gasteiger partial charge in [-0.1, -0.05) is 6.07 Å². The van der Waals surface area contributed by atoms with Crippen molar-refractivity contribution in [3.63, 3.8) is 0 Å². The van der Waals surface area contributed by atoms with Crippen LogP contribution in [-0.2, 0) is 4.74 Å². The number of likely N-dealkylation sites (N-methyl/N-ethyl adjacent to an activating group) is 1. The Balaban J connectivity index is 1.81. The highest BCUT2D eigenvalue weighted by Gasteiger charge is 2.26. The predicted octanol–water partition coefficient (Wildman–Crippen LogP) is 1.63. The second kappa shape index (κ2) is 5.67. The van der Waals surface area contributed by atoms with Crippen LogP contribution >= 0.6 is 0 Å². The van der Waals surface area contributed by atoms with Crippen LogP contribution in [0.4, 0.5) is 5.82 Å². The Kier molecular flexibility index (Phi) is 4.19. The molecule has 1 aromatic rings. The van der Waals surface area contributed by atoms with Gasteiger partial charge >= 0.3 is 0 Å². The van der Waals surface area contributed by atoms with E-state index in [1.54, 1.807) is 0 Å². The maximum atomic E-state index is 5.72. The molecule has 1 aliphatic heterocycles. The van der Waals surface area contributed by atoms with E-state index in [-0.39, 0.29) is 5.60 Å². The van der Waals surface area contributed by atoms with Crippen LogP contribution in [0.1, 0.15) is 13.8 Å². The van der Waals surface area contributed by atoms with E-state index < -0.39 is 0 Å². The Morgan fingerprint density at radius 1 is 1.44 bits per heavy atom. The highest BCUT2D eigenvalue weighted by atomic mass is 16.5. The summed E-state index contributed by atoms with van der Waals surface area (Å²) in [6.07, 6.45) is 1.84. The topological polar surface area (TPSA) is 28.6 Å². The molecule has 0 unspecified atom stereocenters. The average Bonchev–Trinajstić information content (AvgIpc) is 2.36. The standard InChI is InChI=1S/C14H23N3O/c1-14(2)12-17(10-11-18-14)9-8-16(3)13-6-4-5-7-15-13/h4-7H,8-12H2,1-3H3. The van der Waals surface area contributed by atoms with Gasteiger partial charge in [-0.2, -0.15) is 0 Å². The number of nitrogens with zero attached hydrogens (tertiary/aromatic N) is 3. The molecule has 0 saturated carbocycles. The number of morpholine rings is 1. The molecule has 0 amide bonds. The van der Waals surface area contributed by atoms with Gasteiger partial charge in [0.05, 0.1) is 12.2 Å². The van der Waals surface area contributed by atoms with Crippen molar-refractivity contribution in [3.8, 4) is 0 Å². The third-order valence-electron chi connectivity index (χ3n) is 3.30. The molecule has 4 nitrogen and oxygen atoms in total. The lowest BCUT2D eigenvalue weighted by molar-refractivity contribution is -0.0850. The van der Waals surface area contributed by atoms with E-state index in [4.69, 9.17) is 4.74 Å². The Bertz CT molecular complexity index is 367. The average molecular weight is 249 g/mol. The molecule has 4 heteroatoms. The van der Waals surface area contributed by atoms with Crippen molar-refractivity contribution < 1.29 is 4.74 Å². The summed E-state index contributed by atoms with van der Waals surface area (Å²) in [5.74, 6) is 1.03. The monoisotopic (exact) mass is 249 g/mol. The van der Waals surface area contributed by atoms with Gasteiger partial charge in [0, 0.05) is 39.4 Å². The summed E-state index contributed by atoms with van der Waals surface area (Å²) in [4.78, 5) is 9.01. The molecule has 0 atom stereocenters. The van der Waals surface area contributed by atoms with Crippen molar-refractivity contribution in [1.29, 1.82) is 0 Å². The Hall–Kier alpha value is -1.13. The minimum Gasteiger partial charge on any atom is -0.373 e. The zero-order valence-corrected chi connectivity index (χ0v) is 11.6. The highest BCUT2D eigenvalue weighted by molar-refractivity contribution is 5.36. The summed E-state index contributed by atoms with van der Waals surface area (Å²) < 4.78 is 5.72. The van der Waals surface area contributed by atoms with Crippen LogP contribution in [0.5, 0.6) is 0 Å². The fourth-order valence-electron chi connectivity index (χ4n) is 2.29. The van der Waals surface area contributed by atoms with Crippen LogP contribution in [0.25, 0.3) is 0 Å². The summed E-state index contributed by atoms with van der Waals surface area (Å²) in [7, 11) is 2.09. The van der Waals surface area contributed by atoms with Crippen molar-refractivity contribution in [1.82, 2.24) is 9.88 Å². The number of hydrogen-bond acceptors (Lipinski definition) is 4. The minimum absolute atomic E-state index is 0.0121. The lowest BCUT2D eigenvalue weighted by atomic mass is 10.1. The number of anilines is 1. The van der Waals surface area contributed by atoms with Crippen molar-refractivity contribution in [3.05, 3.63) is 24.4 Å². The van der Waals surface area contributed by atoms with E-state index in [1.807, 2.05) is 24.4 Å². The molecule has 2 heterocycles. The largest absolute Gasteiger partial charge is 0.373 e. The van der Waals surface area contributed by atoms with Crippen LogP contribution in [0.3, 0.4) is 0 Å². The van der Waals surface area contributed by atoms with Crippen molar-refractivity contribution in [2.75, 3.05) is 44.7 Å². The van der Waals surface area contributed by atoms with Gasteiger partial charge in [-0.05, 0) is 26.0 Å². The number of rotatable bonds is 4. The van der Waals surface area contributed by atoms with E-state index in [9.17, 15) is 0 Å². The molecule has 0 spiro atoms. The predicted molar refractivity (Wildman–Crippen MR) is 74.0 cm³/mol. The third kappa shape index (κ3) is 3.68. The molecule has 0 N–H and O–H groups in total. The van der Waals surface area contributed by atoms with Crippen LogP contribution in [-0.4, -0.2) is 55.3 Å². The fraction of sp³-hybridized carbons (Fsp3) is 0.643. The summed E-state index contributed by atoms with van der Waals surface area (Å²) in [6.45, 7) is 9.22. The smallest absolute Gasteiger partial charge is 0.128 e. The zero-order valence-electron chi connectivity index (χ0n) is 11.6. The van der Waals surface area contributed by atoms with E-state index in [0.29, 0.717) is 0 Å². The summed E-state index contributed by atoms with van der Waals surface area (Å²) in [5.41, 5.74) is -0.0121. The Morgan fingerprint density at radius 2 is 2.28 bits per heavy atom. The van der Waals surface area contributed by atoms with Crippen LogP contribution in [0, 0.1) is 0 Å². The van der Waals surface area contributed by atoms with Gasteiger partial charge in [0.25, 0.3) is 0 Å². The Labute approximate surface area is 110 Å². The van der Waals surface area contributed by atoms with Crippen LogP contribution in [0.15, 0.2) is 24.4 Å². The molecule has 0 aromatic carbocycles. The highest BCUT2D eigenvalue weighted by Crippen LogP contribution is 2.16. The summed E-state index contributed by atoms with van der Waals surface area (Å²) >= 11 is 0. The van der Waals surface area contributed by atoms with Crippen molar-refractivity contribution in [2.45, 2.75) is 19.4 Å². The van der Waals surface area contributed by atoms with E-state index >= 15 is 0 Å². The lowest BCUT2D eigenvalue weighted by Crippen LogP contribution is -2.50. The van der Waals surface area contributed by atoms with E-state index in [0.717, 1.165) is 38.6 Å². The molecular weight excluding hydrogens is 226 g/mol. The summed E-state index contributed by atoms with van der Waals surface area (Å²) in [6, 6.07) is 6.02. The second-order valence-corrected chi connectivity index (χ2v) is 5.49. The molecule has 0 aliphatic carbocycles. The van der Waals surface area contributed by atoms with Crippen molar-refractivity contribution in [2.24, 2.45) is 0 Å². The minimum atomic E-state index is -0.0121. The molecular formula is C14H23N3O. The number of hydrogen-bond donors (Lipinski definition) is 0. The van der Waals surface area contributed by atoms with Gasteiger partial charge < -0.3 is 9.64 Å². The van der Waals surface area contributed by atoms with Gasteiger partial charge in [-0.25, -0.2) is 4.98 Å². The molecule has 1 aliphatic rings. The van der Waals surface area contributed by atoms with Gasteiger partial charge in [0.2, 0.25) is 0 Å². The van der Waals surface area contributed by atoms with E-state index in [2.05, 4.69) is 35.7 Å². The van der Waals surface area contributed by atoms with Gasteiger partial charge in [-0.15, -0.1) is 0 Å². The quantitative estimate of drug-likeness (QED) is 0.811. The third-order valence-corrected chi connectivity index (χ3v) is 3.30. The molecule has 1 fully saturated rings. The Morgan fingerprint density at radius 3 is 2.94 bits per heavy atom. The SMILES string of the molecule is CN(CCN1CCOC(C)(C)C1)c1ccccn1. The molecule has 100 valence electrons. The number of aromatic nitrogens is 1. The normalized spacial score (nSPS) is 19.7. The maximum Gasteiger partial charge on any atom is 0.128 e. The molecule has 1 aromatic heterocycles. The number of pyridine rings is 1. The van der Waals surface area contributed by atoms with Gasteiger partial charge in [0.15, 0.2) is 0 Å². The molecule has 2 rings (SSSR count). The van der Waals surface area contributed by atoms with Gasteiger partial charge in [-0.3, -0.25) is 4.90 Å². The second-order valence-electron chi connectivity index (χ2n) is 5.49. The first-order chi connectivity index (χ1) is 8.57. The molecule has 0 radical (unpaired) electrons. The molecule has 0 bridgehead atoms.